The SMILES string of the molecule is C[C@H]1CCCCN1c1cc(N2CCCC2)nc(NC(=S)NC2CC2)n1. The van der Waals surface area contributed by atoms with E-state index >= 15 is 0 Å². The van der Waals surface area contributed by atoms with Crippen LogP contribution >= 0.6 is 12.2 Å². The molecule has 0 bridgehead atoms. The van der Waals surface area contributed by atoms with Gasteiger partial charge in [0.25, 0.3) is 0 Å². The van der Waals surface area contributed by atoms with E-state index in [1.165, 1.54) is 44.9 Å². The van der Waals surface area contributed by atoms with E-state index in [9.17, 15) is 0 Å². The molecule has 7 heteroatoms. The lowest BCUT2D eigenvalue weighted by Gasteiger charge is -2.35. The highest BCUT2D eigenvalue weighted by Gasteiger charge is 2.24. The van der Waals surface area contributed by atoms with Crippen LogP contribution in [-0.2, 0) is 0 Å². The molecule has 1 atom stereocenters. The van der Waals surface area contributed by atoms with Crippen LogP contribution in [0.5, 0.6) is 0 Å². The minimum absolute atomic E-state index is 0.527. The monoisotopic (exact) mass is 360 g/mol. The molecule has 1 saturated carbocycles. The van der Waals surface area contributed by atoms with Gasteiger partial charge in [-0.3, -0.25) is 0 Å². The summed E-state index contributed by atoms with van der Waals surface area (Å²) in [7, 11) is 0. The van der Waals surface area contributed by atoms with Gasteiger partial charge in [-0.15, -0.1) is 0 Å². The first-order valence-electron chi connectivity index (χ1n) is 9.67. The Hall–Kier alpha value is -1.63. The average molecular weight is 361 g/mol. The molecule has 6 nitrogen and oxygen atoms in total. The molecule has 136 valence electrons. The Bertz CT molecular complexity index is 626. The van der Waals surface area contributed by atoms with Crippen molar-refractivity contribution in [2.45, 2.75) is 64.0 Å². The summed E-state index contributed by atoms with van der Waals surface area (Å²) in [6, 6.07) is 3.22. The van der Waals surface area contributed by atoms with Gasteiger partial charge in [-0.1, -0.05) is 0 Å². The Kier molecular flexibility index (Phi) is 4.92. The standard InChI is InChI=1S/C18H28N6S/c1-13-6-2-3-11-24(13)16-12-15(23-9-4-5-10-23)20-17(21-16)22-18(25)19-14-7-8-14/h12-14H,2-11H2,1H3,(H2,19,20,21,22,25)/t13-/m0/s1. The molecule has 25 heavy (non-hydrogen) atoms. The van der Waals surface area contributed by atoms with Gasteiger partial charge >= 0.3 is 0 Å². The zero-order chi connectivity index (χ0) is 17.2. The summed E-state index contributed by atoms with van der Waals surface area (Å²) < 4.78 is 0. The van der Waals surface area contributed by atoms with Crippen LogP contribution in [-0.4, -0.2) is 46.8 Å². The van der Waals surface area contributed by atoms with E-state index in [4.69, 9.17) is 22.2 Å². The minimum atomic E-state index is 0.527. The van der Waals surface area contributed by atoms with E-state index in [2.05, 4.69) is 33.4 Å². The Morgan fingerprint density at radius 2 is 1.76 bits per heavy atom. The summed E-state index contributed by atoms with van der Waals surface area (Å²) in [5.41, 5.74) is 0. The van der Waals surface area contributed by atoms with Crippen molar-refractivity contribution in [2.75, 3.05) is 34.8 Å². The smallest absolute Gasteiger partial charge is 0.232 e. The highest BCUT2D eigenvalue weighted by molar-refractivity contribution is 7.80. The van der Waals surface area contributed by atoms with Crippen molar-refractivity contribution < 1.29 is 0 Å². The maximum Gasteiger partial charge on any atom is 0.232 e. The highest BCUT2D eigenvalue weighted by Crippen LogP contribution is 2.28. The molecule has 2 saturated heterocycles. The minimum Gasteiger partial charge on any atom is -0.360 e. The highest BCUT2D eigenvalue weighted by atomic mass is 32.1. The molecule has 1 aromatic heterocycles. The third kappa shape index (κ3) is 4.14. The quantitative estimate of drug-likeness (QED) is 0.801. The maximum absolute atomic E-state index is 5.42. The van der Waals surface area contributed by atoms with Crippen LogP contribution in [0.25, 0.3) is 0 Å². The summed E-state index contributed by atoms with van der Waals surface area (Å²) in [5, 5.41) is 7.17. The second-order valence-electron chi connectivity index (χ2n) is 7.51. The van der Waals surface area contributed by atoms with Crippen molar-refractivity contribution in [1.29, 1.82) is 0 Å². The van der Waals surface area contributed by atoms with Crippen molar-refractivity contribution in [2.24, 2.45) is 0 Å². The van der Waals surface area contributed by atoms with Crippen molar-refractivity contribution in [3.8, 4) is 0 Å². The molecule has 0 spiro atoms. The molecule has 3 heterocycles. The number of anilines is 3. The predicted octanol–water partition coefficient (Wildman–Crippen LogP) is 2.90. The fraction of sp³-hybridized carbons (Fsp3) is 0.722. The van der Waals surface area contributed by atoms with Crippen molar-refractivity contribution in [1.82, 2.24) is 15.3 Å². The molecule has 0 radical (unpaired) electrons. The molecule has 0 amide bonds. The predicted molar refractivity (Wildman–Crippen MR) is 107 cm³/mol. The number of hydrogen-bond donors (Lipinski definition) is 2. The van der Waals surface area contributed by atoms with Gasteiger partial charge in [0.15, 0.2) is 5.11 Å². The maximum atomic E-state index is 5.42. The van der Waals surface area contributed by atoms with Crippen LogP contribution < -0.4 is 20.4 Å². The molecular formula is C18H28N6S. The van der Waals surface area contributed by atoms with Gasteiger partial charge < -0.3 is 20.4 Å². The van der Waals surface area contributed by atoms with E-state index in [-0.39, 0.29) is 0 Å². The molecule has 0 unspecified atom stereocenters. The van der Waals surface area contributed by atoms with E-state index in [1.807, 2.05) is 0 Å². The van der Waals surface area contributed by atoms with Gasteiger partial charge in [0, 0.05) is 37.8 Å². The second kappa shape index (κ2) is 7.32. The fourth-order valence-electron chi connectivity index (χ4n) is 3.72. The van der Waals surface area contributed by atoms with E-state index in [0.717, 1.165) is 31.3 Å². The number of nitrogens with one attached hydrogen (secondary N) is 2. The first-order valence-corrected chi connectivity index (χ1v) is 10.1. The lowest BCUT2D eigenvalue weighted by atomic mass is 10.0. The van der Waals surface area contributed by atoms with Gasteiger partial charge in [0.05, 0.1) is 0 Å². The Morgan fingerprint density at radius 1 is 1.04 bits per heavy atom. The van der Waals surface area contributed by atoms with E-state index < -0.39 is 0 Å². The number of aromatic nitrogens is 2. The normalized spacial score (nSPS) is 23.6. The van der Waals surface area contributed by atoms with Gasteiger partial charge in [-0.05, 0) is 64.1 Å². The van der Waals surface area contributed by atoms with Gasteiger partial charge in [0.1, 0.15) is 11.6 Å². The van der Waals surface area contributed by atoms with E-state index in [0.29, 0.717) is 23.1 Å². The lowest BCUT2D eigenvalue weighted by molar-refractivity contribution is 0.481. The zero-order valence-corrected chi connectivity index (χ0v) is 15.8. The molecule has 1 aromatic rings. The number of piperidine rings is 1. The molecule has 1 aliphatic carbocycles. The summed E-state index contributed by atoms with van der Waals surface area (Å²) in [6.45, 7) is 5.53. The topological polar surface area (TPSA) is 56.3 Å². The van der Waals surface area contributed by atoms with Gasteiger partial charge in [-0.25, -0.2) is 0 Å². The molecule has 4 rings (SSSR count). The largest absolute Gasteiger partial charge is 0.360 e. The molecule has 0 aromatic carbocycles. The molecule has 3 aliphatic rings. The molecular weight excluding hydrogens is 332 g/mol. The first kappa shape index (κ1) is 16.8. The molecule has 2 N–H and O–H groups in total. The Balaban J connectivity index is 1.58. The van der Waals surface area contributed by atoms with Crippen LogP contribution in [0, 0.1) is 0 Å². The lowest BCUT2D eigenvalue weighted by Crippen LogP contribution is -2.38. The number of hydrogen-bond acceptors (Lipinski definition) is 5. The first-order chi connectivity index (χ1) is 12.2. The summed E-state index contributed by atoms with van der Waals surface area (Å²) in [6.07, 6.45) is 8.65. The van der Waals surface area contributed by atoms with Crippen LogP contribution in [0.15, 0.2) is 6.07 Å². The summed E-state index contributed by atoms with van der Waals surface area (Å²) in [5.74, 6) is 2.67. The Morgan fingerprint density at radius 3 is 2.48 bits per heavy atom. The third-order valence-corrected chi connectivity index (χ3v) is 5.58. The number of rotatable bonds is 4. The van der Waals surface area contributed by atoms with Crippen LogP contribution in [0.3, 0.4) is 0 Å². The molecule has 2 aliphatic heterocycles. The average Bonchev–Trinajstić information content (AvgIpc) is 3.24. The van der Waals surface area contributed by atoms with Crippen LogP contribution in [0.2, 0.25) is 0 Å². The number of thiocarbonyl (C=S) groups is 1. The van der Waals surface area contributed by atoms with Gasteiger partial charge in [0.2, 0.25) is 5.95 Å². The van der Waals surface area contributed by atoms with Crippen LogP contribution in [0.4, 0.5) is 17.6 Å². The summed E-state index contributed by atoms with van der Waals surface area (Å²) in [4.78, 5) is 14.3. The summed E-state index contributed by atoms with van der Waals surface area (Å²) >= 11 is 5.42. The number of nitrogens with zero attached hydrogens (tertiary/aromatic N) is 4. The van der Waals surface area contributed by atoms with E-state index in [1.54, 1.807) is 0 Å². The molecule has 3 fully saturated rings. The zero-order valence-electron chi connectivity index (χ0n) is 15.0. The van der Waals surface area contributed by atoms with Crippen molar-refractivity contribution in [3.63, 3.8) is 0 Å². The second-order valence-corrected chi connectivity index (χ2v) is 7.92. The third-order valence-electron chi connectivity index (χ3n) is 5.36. The van der Waals surface area contributed by atoms with Crippen molar-refractivity contribution in [3.05, 3.63) is 6.07 Å². The fourth-order valence-corrected chi connectivity index (χ4v) is 3.98. The Labute approximate surface area is 155 Å². The van der Waals surface area contributed by atoms with Crippen molar-refractivity contribution >= 4 is 34.9 Å². The van der Waals surface area contributed by atoms with Crippen LogP contribution in [0.1, 0.15) is 51.9 Å². The van der Waals surface area contributed by atoms with Gasteiger partial charge in [-0.2, -0.15) is 9.97 Å².